The second-order valence-corrected chi connectivity index (χ2v) is 23.4. The minimum atomic E-state index is -0.793. The van der Waals surface area contributed by atoms with Gasteiger partial charge in [-0.25, -0.2) is 0 Å². The van der Waals surface area contributed by atoms with Gasteiger partial charge in [0.25, 0.3) is 0 Å². The summed E-state index contributed by atoms with van der Waals surface area (Å²) < 4.78 is 16.9. The Balaban J connectivity index is 4.21. The summed E-state index contributed by atoms with van der Waals surface area (Å²) >= 11 is 0. The molecule has 0 radical (unpaired) electrons. The van der Waals surface area contributed by atoms with Crippen LogP contribution in [0.25, 0.3) is 0 Å². The molecule has 0 spiro atoms. The Labute approximate surface area is 514 Å². The Morgan fingerprint density at radius 3 is 0.735 bits per heavy atom. The van der Waals surface area contributed by atoms with Crippen LogP contribution in [0.3, 0.4) is 0 Å². The summed E-state index contributed by atoms with van der Waals surface area (Å²) in [6.45, 7) is 6.42. The molecule has 1 atom stereocenters. The van der Waals surface area contributed by atoms with Gasteiger partial charge in [0.05, 0.1) is 0 Å². The van der Waals surface area contributed by atoms with Gasteiger partial charge in [0, 0.05) is 19.3 Å². The quantitative estimate of drug-likeness (QED) is 0.0261. The molecule has 0 heterocycles. The van der Waals surface area contributed by atoms with Gasteiger partial charge >= 0.3 is 17.9 Å². The van der Waals surface area contributed by atoms with E-state index in [1.54, 1.807) is 0 Å². The molecule has 0 aliphatic rings. The number of hydrogen-bond acceptors (Lipinski definition) is 6. The highest BCUT2D eigenvalue weighted by Gasteiger charge is 2.19. The molecule has 6 nitrogen and oxygen atoms in total. The maximum atomic E-state index is 12.9. The van der Waals surface area contributed by atoms with Crippen LogP contribution in [0, 0.1) is 0 Å². The third kappa shape index (κ3) is 68.7. The lowest BCUT2D eigenvalue weighted by Crippen LogP contribution is -2.30. The van der Waals surface area contributed by atoms with Crippen LogP contribution in [0.1, 0.15) is 342 Å². The average Bonchev–Trinajstić information content (AvgIpc) is 3.49. The molecule has 0 bridgehead atoms. The Morgan fingerprint density at radius 1 is 0.253 bits per heavy atom. The first-order valence-electron chi connectivity index (χ1n) is 35.4. The van der Waals surface area contributed by atoms with Crippen LogP contribution in [-0.2, 0) is 28.6 Å². The van der Waals surface area contributed by atoms with Crippen LogP contribution in [0.15, 0.2) is 109 Å². The van der Waals surface area contributed by atoms with E-state index in [9.17, 15) is 14.4 Å². The van der Waals surface area contributed by atoms with Gasteiger partial charge in [-0.3, -0.25) is 14.4 Å². The second kappa shape index (κ2) is 70.6. The molecular weight excluding hydrogens is 1020 g/mol. The average molecular weight is 1150 g/mol. The Morgan fingerprint density at radius 2 is 0.470 bits per heavy atom. The SMILES string of the molecule is CC/C=C\C/C=C\C/C=C\CCCCCCCCCC(=O)OC(COC(=O)CCCCCCC/C=C\C/C=C\C/C=C\CC)COC(=O)CCCCCCCCCCCCCCCCCCCC/C=C\C/C=C\C/C=C\CCCCCCC. The van der Waals surface area contributed by atoms with Gasteiger partial charge in [-0.15, -0.1) is 0 Å². The summed E-state index contributed by atoms with van der Waals surface area (Å²) in [5.41, 5.74) is 0. The normalized spacial score (nSPS) is 12.8. The molecule has 0 rings (SSSR count). The molecule has 0 saturated heterocycles. The number of unbranched alkanes of at least 4 members (excludes halogenated alkanes) is 35. The molecule has 0 aromatic carbocycles. The highest BCUT2D eigenvalue weighted by atomic mass is 16.6. The zero-order valence-corrected chi connectivity index (χ0v) is 54.7. The van der Waals surface area contributed by atoms with Gasteiger partial charge < -0.3 is 14.2 Å². The lowest BCUT2D eigenvalue weighted by molar-refractivity contribution is -0.167. The van der Waals surface area contributed by atoms with Crippen molar-refractivity contribution in [2.45, 2.75) is 348 Å². The monoisotopic (exact) mass is 1150 g/mol. The van der Waals surface area contributed by atoms with Crippen molar-refractivity contribution in [1.29, 1.82) is 0 Å². The van der Waals surface area contributed by atoms with E-state index >= 15 is 0 Å². The Hall–Kier alpha value is -3.93. The number of carbonyl (C=O) groups excluding carboxylic acids is 3. The smallest absolute Gasteiger partial charge is 0.306 e. The van der Waals surface area contributed by atoms with E-state index in [0.717, 1.165) is 135 Å². The van der Waals surface area contributed by atoms with E-state index in [-0.39, 0.29) is 31.1 Å². The van der Waals surface area contributed by atoms with E-state index in [1.807, 2.05) is 0 Å². The number of ether oxygens (including phenoxy) is 3. The molecule has 6 heteroatoms. The van der Waals surface area contributed by atoms with Gasteiger partial charge in [-0.05, 0) is 122 Å². The highest BCUT2D eigenvalue weighted by Crippen LogP contribution is 2.17. The standard InChI is InChI=1S/C77H132O6/c1-4-7-10-13-16-19-22-25-28-30-31-32-33-34-35-36-37-38-39-40-41-42-43-44-45-47-49-52-55-58-61-64-67-70-76(79)82-73-74(72-81-75(78)69-66-63-60-57-54-51-48-27-24-21-18-15-12-9-6-3)83-77(80)71-68-65-62-59-56-53-50-46-29-26-23-20-17-14-11-8-5-2/h8-9,11-12,17-18,20-22,25-27,29-31,33-34,48,74H,4-7,10,13-16,19,23-24,28,32,35-47,49-73H2,1-3H3/b11-8-,12-9-,20-17-,21-18-,25-22-,29-26-,31-30-,34-33-,48-27-. The van der Waals surface area contributed by atoms with Crippen LogP contribution in [0.5, 0.6) is 0 Å². The minimum Gasteiger partial charge on any atom is -0.462 e. The second-order valence-electron chi connectivity index (χ2n) is 23.4. The lowest BCUT2D eigenvalue weighted by Gasteiger charge is -2.18. The first kappa shape index (κ1) is 79.1. The third-order valence-corrected chi connectivity index (χ3v) is 15.2. The summed E-state index contributed by atoms with van der Waals surface area (Å²) in [5, 5.41) is 0. The minimum absolute atomic E-state index is 0.0863. The maximum absolute atomic E-state index is 12.9. The molecular formula is C77H132O6. The predicted octanol–water partition coefficient (Wildman–Crippen LogP) is 24.6. The van der Waals surface area contributed by atoms with E-state index in [4.69, 9.17) is 14.2 Å². The van der Waals surface area contributed by atoms with Gasteiger partial charge in [0.2, 0.25) is 0 Å². The molecule has 0 fully saturated rings. The summed E-state index contributed by atoms with van der Waals surface area (Å²) in [6, 6.07) is 0. The van der Waals surface area contributed by atoms with Crippen LogP contribution >= 0.6 is 0 Å². The maximum Gasteiger partial charge on any atom is 0.306 e. The molecule has 0 aliphatic heterocycles. The number of allylic oxidation sites excluding steroid dienone is 18. The van der Waals surface area contributed by atoms with Crippen molar-refractivity contribution >= 4 is 17.9 Å². The van der Waals surface area contributed by atoms with Crippen molar-refractivity contribution in [3.05, 3.63) is 109 Å². The van der Waals surface area contributed by atoms with Crippen molar-refractivity contribution in [3.8, 4) is 0 Å². The number of hydrogen-bond donors (Lipinski definition) is 0. The van der Waals surface area contributed by atoms with Crippen molar-refractivity contribution in [2.75, 3.05) is 13.2 Å². The first-order chi connectivity index (χ1) is 41.0. The Bertz CT molecular complexity index is 1660. The van der Waals surface area contributed by atoms with E-state index in [1.165, 1.54) is 167 Å². The number of carbonyl (C=O) groups is 3. The molecule has 0 aromatic heterocycles. The third-order valence-electron chi connectivity index (χ3n) is 15.2. The zero-order valence-electron chi connectivity index (χ0n) is 54.7. The zero-order chi connectivity index (χ0) is 59.9. The van der Waals surface area contributed by atoms with Crippen LogP contribution in [-0.4, -0.2) is 37.2 Å². The topological polar surface area (TPSA) is 78.9 Å². The highest BCUT2D eigenvalue weighted by molar-refractivity contribution is 5.71. The van der Waals surface area contributed by atoms with Crippen molar-refractivity contribution in [3.63, 3.8) is 0 Å². The molecule has 83 heavy (non-hydrogen) atoms. The fourth-order valence-electron chi connectivity index (χ4n) is 10.0. The molecule has 0 N–H and O–H groups in total. The largest absolute Gasteiger partial charge is 0.462 e. The fourth-order valence-corrected chi connectivity index (χ4v) is 10.0. The summed E-state index contributed by atoms with van der Waals surface area (Å²) in [7, 11) is 0. The van der Waals surface area contributed by atoms with Gasteiger partial charge in [-0.1, -0.05) is 310 Å². The van der Waals surface area contributed by atoms with Crippen molar-refractivity contribution in [1.82, 2.24) is 0 Å². The van der Waals surface area contributed by atoms with Crippen LogP contribution in [0.2, 0.25) is 0 Å². The van der Waals surface area contributed by atoms with Crippen molar-refractivity contribution in [2.24, 2.45) is 0 Å². The van der Waals surface area contributed by atoms with Gasteiger partial charge in [0.1, 0.15) is 13.2 Å². The van der Waals surface area contributed by atoms with Crippen molar-refractivity contribution < 1.29 is 28.6 Å². The fraction of sp³-hybridized carbons (Fsp3) is 0.727. The predicted molar refractivity (Wildman–Crippen MR) is 362 cm³/mol. The number of esters is 3. The van der Waals surface area contributed by atoms with E-state index in [0.29, 0.717) is 19.3 Å². The van der Waals surface area contributed by atoms with Crippen LogP contribution < -0.4 is 0 Å². The summed E-state index contributed by atoms with van der Waals surface area (Å²) in [6.07, 6.45) is 97.0. The molecule has 0 amide bonds. The van der Waals surface area contributed by atoms with E-state index in [2.05, 4.69) is 130 Å². The van der Waals surface area contributed by atoms with Crippen LogP contribution in [0.4, 0.5) is 0 Å². The summed E-state index contributed by atoms with van der Waals surface area (Å²) in [5.74, 6) is -0.902. The van der Waals surface area contributed by atoms with E-state index < -0.39 is 6.10 Å². The molecule has 0 aromatic rings. The summed E-state index contributed by atoms with van der Waals surface area (Å²) in [4.78, 5) is 38.4. The van der Waals surface area contributed by atoms with Gasteiger partial charge in [-0.2, -0.15) is 0 Å². The Kier molecular flexibility index (Phi) is 67.2. The molecule has 0 aliphatic carbocycles. The lowest BCUT2D eigenvalue weighted by atomic mass is 10.0. The molecule has 1 unspecified atom stereocenters. The number of rotatable bonds is 64. The molecule has 476 valence electrons. The first-order valence-corrected chi connectivity index (χ1v) is 35.4. The van der Waals surface area contributed by atoms with Gasteiger partial charge in [0.15, 0.2) is 6.10 Å². The molecule has 0 saturated carbocycles.